The first-order valence-electron chi connectivity index (χ1n) is 5.51. The van der Waals surface area contributed by atoms with Crippen LogP contribution in [0.1, 0.15) is 5.56 Å². The van der Waals surface area contributed by atoms with Crippen molar-refractivity contribution in [2.75, 3.05) is 7.11 Å². The zero-order chi connectivity index (χ0) is 13.8. The minimum Gasteiger partial charge on any atom is -0.481 e. The second-order valence-electron chi connectivity index (χ2n) is 3.82. The van der Waals surface area contributed by atoms with E-state index >= 15 is 0 Å². The monoisotopic (exact) mass is 292 g/mol. The fourth-order valence-corrected chi connectivity index (χ4v) is 2.13. The highest BCUT2D eigenvalue weighted by Crippen LogP contribution is 2.35. The lowest BCUT2D eigenvalue weighted by atomic mass is 9.99. The molecule has 0 spiro atoms. The Kier molecular flexibility index (Phi) is 4.26. The second kappa shape index (κ2) is 5.92. The van der Waals surface area contributed by atoms with Crippen molar-refractivity contribution in [3.05, 3.63) is 46.1 Å². The van der Waals surface area contributed by atoms with Gasteiger partial charge in [0, 0.05) is 11.8 Å². The zero-order valence-corrected chi connectivity index (χ0v) is 11.7. The number of pyridine rings is 1. The molecule has 5 heteroatoms. The molecule has 3 nitrogen and oxygen atoms in total. The Morgan fingerprint density at radius 1 is 1.26 bits per heavy atom. The van der Waals surface area contributed by atoms with Crippen LogP contribution in [-0.2, 0) is 6.42 Å². The molecule has 2 aromatic rings. The summed E-state index contributed by atoms with van der Waals surface area (Å²) in [5, 5.41) is 9.83. The number of nitrogens with zero attached hydrogens (tertiary/aromatic N) is 2. The van der Waals surface area contributed by atoms with Crippen LogP contribution in [0.2, 0.25) is 10.0 Å². The van der Waals surface area contributed by atoms with E-state index in [1.165, 1.54) is 0 Å². The molecule has 0 aliphatic heterocycles. The van der Waals surface area contributed by atoms with Crippen molar-refractivity contribution in [3.8, 4) is 23.1 Å². The van der Waals surface area contributed by atoms with Crippen molar-refractivity contribution in [1.82, 2.24) is 4.98 Å². The molecular weight excluding hydrogens is 283 g/mol. The maximum atomic E-state index is 8.89. The lowest BCUT2D eigenvalue weighted by Gasteiger charge is -2.12. The fraction of sp³-hybridized carbons (Fsp3) is 0.143. The number of nitriles is 1. The Bertz CT molecular complexity index is 650. The average molecular weight is 293 g/mol. The highest BCUT2D eigenvalue weighted by Gasteiger charge is 2.13. The molecule has 0 fully saturated rings. The molecule has 0 bridgehead atoms. The van der Waals surface area contributed by atoms with E-state index in [0.717, 1.165) is 16.7 Å². The molecule has 0 saturated carbocycles. The largest absolute Gasteiger partial charge is 0.481 e. The molecule has 0 amide bonds. The van der Waals surface area contributed by atoms with Gasteiger partial charge >= 0.3 is 0 Å². The zero-order valence-electron chi connectivity index (χ0n) is 10.2. The summed E-state index contributed by atoms with van der Waals surface area (Å²) in [6.07, 6.45) is 1.89. The van der Waals surface area contributed by atoms with Gasteiger partial charge in [0.15, 0.2) is 0 Å². The van der Waals surface area contributed by atoms with E-state index in [1.54, 1.807) is 31.5 Å². The van der Waals surface area contributed by atoms with E-state index in [4.69, 9.17) is 33.2 Å². The molecule has 1 aromatic heterocycles. The predicted octanol–water partition coefficient (Wildman–Crippen LogP) is 4.13. The molecule has 0 atom stereocenters. The molecule has 0 unspecified atom stereocenters. The van der Waals surface area contributed by atoms with Crippen LogP contribution in [0.4, 0.5) is 0 Å². The van der Waals surface area contributed by atoms with Crippen molar-refractivity contribution in [2.45, 2.75) is 6.42 Å². The number of ether oxygens (including phenoxy) is 1. The Balaban J connectivity index is 2.65. The maximum absolute atomic E-state index is 8.89. The molecule has 0 saturated heterocycles. The second-order valence-corrected chi connectivity index (χ2v) is 4.63. The number of methoxy groups -OCH3 is 1. The van der Waals surface area contributed by atoms with E-state index in [9.17, 15) is 0 Å². The van der Waals surface area contributed by atoms with Crippen LogP contribution in [0.25, 0.3) is 11.1 Å². The van der Waals surface area contributed by atoms with Gasteiger partial charge in [0.1, 0.15) is 0 Å². The summed E-state index contributed by atoms with van der Waals surface area (Å²) < 4.78 is 5.26. The lowest BCUT2D eigenvalue weighted by Crippen LogP contribution is -1.96. The Hall–Kier alpha value is -1.76. The average Bonchev–Trinajstić information content (AvgIpc) is 2.42. The van der Waals surface area contributed by atoms with E-state index in [2.05, 4.69) is 11.1 Å². The predicted molar refractivity (Wildman–Crippen MR) is 75.6 cm³/mol. The number of aromatic nitrogens is 1. The number of hydrogen-bond donors (Lipinski definition) is 0. The third-order valence-corrected chi connectivity index (χ3v) is 3.41. The van der Waals surface area contributed by atoms with Crippen LogP contribution in [-0.4, -0.2) is 12.1 Å². The van der Waals surface area contributed by atoms with Crippen LogP contribution in [0.5, 0.6) is 5.88 Å². The number of rotatable bonds is 3. The van der Waals surface area contributed by atoms with E-state index < -0.39 is 0 Å². The normalized spacial score (nSPS) is 10.0. The van der Waals surface area contributed by atoms with Gasteiger partial charge in [-0.05, 0) is 29.3 Å². The summed E-state index contributed by atoms with van der Waals surface area (Å²) in [7, 11) is 1.54. The Morgan fingerprint density at radius 2 is 2.05 bits per heavy atom. The fourth-order valence-electron chi connectivity index (χ4n) is 1.83. The van der Waals surface area contributed by atoms with Crippen molar-refractivity contribution < 1.29 is 4.74 Å². The van der Waals surface area contributed by atoms with E-state index in [-0.39, 0.29) is 6.42 Å². The third-order valence-electron chi connectivity index (χ3n) is 2.67. The smallest absolute Gasteiger partial charge is 0.221 e. The molecule has 1 heterocycles. The molecule has 96 valence electrons. The standard InChI is InChI=1S/C14H10Cl2N2O/c1-19-14-13(9(4-6-17)5-7-18-14)10-2-3-11(15)12(16)8-10/h2-3,5,7-8H,4H2,1H3. The summed E-state index contributed by atoms with van der Waals surface area (Å²) in [6, 6.07) is 9.20. The van der Waals surface area contributed by atoms with Gasteiger partial charge in [0.2, 0.25) is 5.88 Å². The van der Waals surface area contributed by atoms with Crippen LogP contribution in [0, 0.1) is 11.3 Å². The van der Waals surface area contributed by atoms with Crippen molar-refractivity contribution in [2.24, 2.45) is 0 Å². The van der Waals surface area contributed by atoms with Gasteiger partial charge in [-0.15, -0.1) is 0 Å². The van der Waals surface area contributed by atoms with Gasteiger partial charge in [-0.1, -0.05) is 29.3 Å². The SMILES string of the molecule is COc1nccc(CC#N)c1-c1ccc(Cl)c(Cl)c1. The topological polar surface area (TPSA) is 45.9 Å². The van der Waals surface area contributed by atoms with Crippen LogP contribution < -0.4 is 4.74 Å². The third kappa shape index (κ3) is 2.81. The van der Waals surface area contributed by atoms with Crippen LogP contribution >= 0.6 is 23.2 Å². The van der Waals surface area contributed by atoms with Crippen LogP contribution in [0.15, 0.2) is 30.5 Å². The number of benzene rings is 1. The van der Waals surface area contributed by atoms with E-state index in [1.807, 2.05) is 6.07 Å². The molecule has 19 heavy (non-hydrogen) atoms. The molecule has 0 aliphatic rings. The van der Waals surface area contributed by atoms with Gasteiger partial charge in [0.05, 0.1) is 29.6 Å². The molecule has 0 N–H and O–H groups in total. The molecule has 1 aromatic carbocycles. The van der Waals surface area contributed by atoms with Gasteiger partial charge < -0.3 is 4.74 Å². The summed E-state index contributed by atoms with van der Waals surface area (Å²) in [5.41, 5.74) is 2.43. The molecule has 0 radical (unpaired) electrons. The lowest BCUT2D eigenvalue weighted by molar-refractivity contribution is 0.399. The molecule has 2 rings (SSSR count). The molecule has 0 aliphatic carbocycles. The van der Waals surface area contributed by atoms with Gasteiger partial charge in [-0.3, -0.25) is 0 Å². The summed E-state index contributed by atoms with van der Waals surface area (Å²) in [4.78, 5) is 4.16. The highest BCUT2D eigenvalue weighted by atomic mass is 35.5. The molecular formula is C14H10Cl2N2O. The summed E-state index contributed by atoms with van der Waals surface area (Å²) in [5.74, 6) is 0.464. The first-order chi connectivity index (χ1) is 9.17. The Labute approximate surface area is 121 Å². The highest BCUT2D eigenvalue weighted by molar-refractivity contribution is 6.42. The quantitative estimate of drug-likeness (QED) is 0.854. The van der Waals surface area contributed by atoms with Crippen molar-refractivity contribution >= 4 is 23.2 Å². The minimum absolute atomic E-state index is 0.272. The van der Waals surface area contributed by atoms with Crippen LogP contribution in [0.3, 0.4) is 0 Å². The Morgan fingerprint density at radius 3 is 2.68 bits per heavy atom. The minimum atomic E-state index is 0.272. The van der Waals surface area contributed by atoms with E-state index in [0.29, 0.717) is 15.9 Å². The number of halogens is 2. The first kappa shape index (κ1) is 13.7. The summed E-state index contributed by atoms with van der Waals surface area (Å²) in [6.45, 7) is 0. The van der Waals surface area contributed by atoms with Gasteiger partial charge in [-0.2, -0.15) is 5.26 Å². The van der Waals surface area contributed by atoms with Crippen molar-refractivity contribution in [1.29, 1.82) is 5.26 Å². The first-order valence-corrected chi connectivity index (χ1v) is 6.27. The van der Waals surface area contributed by atoms with Crippen molar-refractivity contribution in [3.63, 3.8) is 0 Å². The maximum Gasteiger partial charge on any atom is 0.221 e. The summed E-state index contributed by atoms with van der Waals surface area (Å²) >= 11 is 11.9. The van der Waals surface area contributed by atoms with Gasteiger partial charge in [0.25, 0.3) is 0 Å². The van der Waals surface area contributed by atoms with Gasteiger partial charge in [-0.25, -0.2) is 4.98 Å². The number of hydrogen-bond acceptors (Lipinski definition) is 3.